The Morgan fingerprint density at radius 1 is 1.08 bits per heavy atom. The van der Waals surface area contributed by atoms with E-state index in [0.717, 1.165) is 12.8 Å². The number of hydrogen-bond acceptors (Lipinski definition) is 3. The fraction of sp³-hybridized carbons (Fsp3) is 0.333. The van der Waals surface area contributed by atoms with Gasteiger partial charge < -0.3 is 15.4 Å². The second kappa shape index (κ2) is 8.04. The van der Waals surface area contributed by atoms with E-state index in [9.17, 15) is 9.59 Å². The summed E-state index contributed by atoms with van der Waals surface area (Å²) in [6.45, 7) is 4.73. The molecule has 1 aliphatic rings. The van der Waals surface area contributed by atoms with E-state index in [0.29, 0.717) is 35.1 Å². The average molecular weight is 352 g/mol. The number of hydrogen-bond donors (Lipinski definition) is 2. The molecule has 0 aliphatic heterocycles. The predicted octanol–water partition coefficient (Wildman–Crippen LogP) is 3.87. The van der Waals surface area contributed by atoms with Crippen molar-refractivity contribution in [3.63, 3.8) is 0 Å². The molecule has 0 bridgehead atoms. The molecule has 0 saturated heterocycles. The maximum atomic E-state index is 12.6. The normalized spacial score (nSPS) is 13.3. The van der Waals surface area contributed by atoms with Crippen molar-refractivity contribution in [1.29, 1.82) is 0 Å². The molecule has 2 amide bonds. The fourth-order valence-electron chi connectivity index (χ4n) is 2.47. The zero-order chi connectivity index (χ0) is 18.5. The summed E-state index contributed by atoms with van der Waals surface area (Å²) in [6.07, 6.45) is 2.03. The lowest BCUT2D eigenvalue weighted by molar-refractivity contribution is 0.0952. The Hall–Kier alpha value is -2.82. The van der Waals surface area contributed by atoms with E-state index >= 15 is 0 Å². The Bertz CT molecular complexity index is 797. The number of carbonyl (C=O) groups is 2. The van der Waals surface area contributed by atoms with Gasteiger partial charge in [0.2, 0.25) is 0 Å². The summed E-state index contributed by atoms with van der Waals surface area (Å²) < 4.78 is 5.68. The van der Waals surface area contributed by atoms with Crippen molar-refractivity contribution in [3.8, 4) is 5.75 Å². The highest BCUT2D eigenvalue weighted by Crippen LogP contribution is 2.22. The van der Waals surface area contributed by atoms with Crippen molar-refractivity contribution < 1.29 is 14.3 Å². The molecular formula is C21H24N2O3. The molecular weight excluding hydrogens is 328 g/mol. The lowest BCUT2D eigenvalue weighted by Crippen LogP contribution is -2.27. The van der Waals surface area contributed by atoms with Gasteiger partial charge >= 0.3 is 0 Å². The van der Waals surface area contributed by atoms with Gasteiger partial charge in [0.05, 0.1) is 17.9 Å². The highest BCUT2D eigenvalue weighted by molar-refractivity contribution is 6.09. The van der Waals surface area contributed by atoms with Crippen LogP contribution in [0, 0.1) is 5.92 Å². The van der Waals surface area contributed by atoms with Crippen molar-refractivity contribution in [2.24, 2.45) is 5.92 Å². The maximum absolute atomic E-state index is 12.6. The SMILES string of the molecule is CC(C)COc1cccc(C(=O)Nc2ccccc2C(=O)NC2CC2)c1. The van der Waals surface area contributed by atoms with Crippen LogP contribution in [0.3, 0.4) is 0 Å². The van der Waals surface area contributed by atoms with Crippen LogP contribution in [0.1, 0.15) is 47.4 Å². The zero-order valence-electron chi connectivity index (χ0n) is 15.1. The number of ether oxygens (including phenoxy) is 1. The minimum Gasteiger partial charge on any atom is -0.493 e. The van der Waals surface area contributed by atoms with E-state index in [1.807, 2.05) is 6.07 Å². The number of carbonyl (C=O) groups excluding carboxylic acids is 2. The van der Waals surface area contributed by atoms with Crippen LogP contribution in [-0.2, 0) is 0 Å². The first-order valence-corrected chi connectivity index (χ1v) is 8.97. The summed E-state index contributed by atoms with van der Waals surface area (Å²) in [5, 5.41) is 5.79. The summed E-state index contributed by atoms with van der Waals surface area (Å²) in [6, 6.07) is 14.4. The maximum Gasteiger partial charge on any atom is 0.255 e. The van der Waals surface area contributed by atoms with Gasteiger partial charge in [-0.25, -0.2) is 0 Å². The van der Waals surface area contributed by atoms with Gasteiger partial charge in [0.15, 0.2) is 0 Å². The molecule has 0 radical (unpaired) electrons. The van der Waals surface area contributed by atoms with Gasteiger partial charge in [0, 0.05) is 11.6 Å². The molecule has 0 atom stereocenters. The monoisotopic (exact) mass is 352 g/mol. The second-order valence-electron chi connectivity index (χ2n) is 6.98. The third-order valence-electron chi connectivity index (χ3n) is 4.01. The Balaban J connectivity index is 1.72. The van der Waals surface area contributed by atoms with Gasteiger partial charge in [-0.2, -0.15) is 0 Å². The third-order valence-corrected chi connectivity index (χ3v) is 4.01. The Morgan fingerprint density at radius 3 is 2.58 bits per heavy atom. The number of benzene rings is 2. The quantitative estimate of drug-likeness (QED) is 0.795. The van der Waals surface area contributed by atoms with Crippen molar-refractivity contribution in [1.82, 2.24) is 5.32 Å². The molecule has 0 spiro atoms. The summed E-state index contributed by atoms with van der Waals surface area (Å²) in [4.78, 5) is 25.0. The molecule has 26 heavy (non-hydrogen) atoms. The number of rotatable bonds is 7. The third kappa shape index (κ3) is 4.85. The molecule has 2 N–H and O–H groups in total. The van der Waals surface area contributed by atoms with Crippen molar-refractivity contribution in [2.75, 3.05) is 11.9 Å². The van der Waals surface area contributed by atoms with Crippen molar-refractivity contribution in [2.45, 2.75) is 32.7 Å². The van der Waals surface area contributed by atoms with Gasteiger partial charge in [0.1, 0.15) is 5.75 Å². The van der Waals surface area contributed by atoms with Crippen LogP contribution in [0.4, 0.5) is 5.69 Å². The number of nitrogens with one attached hydrogen (secondary N) is 2. The van der Waals surface area contributed by atoms with Gasteiger partial charge in [-0.15, -0.1) is 0 Å². The highest BCUT2D eigenvalue weighted by atomic mass is 16.5. The largest absolute Gasteiger partial charge is 0.493 e. The lowest BCUT2D eigenvalue weighted by atomic mass is 10.1. The molecule has 0 aromatic heterocycles. The predicted molar refractivity (Wildman–Crippen MR) is 102 cm³/mol. The first-order chi connectivity index (χ1) is 12.5. The number of para-hydroxylation sites is 1. The minimum atomic E-state index is -0.272. The average Bonchev–Trinajstić information content (AvgIpc) is 3.44. The van der Waals surface area contributed by atoms with Gasteiger partial charge in [-0.05, 0) is 49.1 Å². The molecule has 0 unspecified atom stereocenters. The minimum absolute atomic E-state index is 0.155. The van der Waals surface area contributed by atoms with Gasteiger partial charge in [-0.1, -0.05) is 32.0 Å². The summed E-state index contributed by atoms with van der Waals surface area (Å²) in [5.41, 5.74) is 1.47. The Labute approximate surface area is 153 Å². The van der Waals surface area contributed by atoms with Crippen LogP contribution < -0.4 is 15.4 Å². The highest BCUT2D eigenvalue weighted by Gasteiger charge is 2.25. The number of anilines is 1. The van der Waals surface area contributed by atoms with E-state index in [4.69, 9.17) is 4.74 Å². The van der Waals surface area contributed by atoms with Gasteiger partial charge in [-0.3, -0.25) is 9.59 Å². The molecule has 1 fully saturated rings. The van der Waals surface area contributed by atoms with E-state index < -0.39 is 0 Å². The summed E-state index contributed by atoms with van der Waals surface area (Å²) in [5.74, 6) is 0.638. The Kier molecular flexibility index (Phi) is 5.56. The molecule has 1 aliphatic carbocycles. The van der Waals surface area contributed by atoms with E-state index in [1.54, 1.807) is 42.5 Å². The molecule has 5 nitrogen and oxygen atoms in total. The second-order valence-corrected chi connectivity index (χ2v) is 6.98. The van der Waals surface area contributed by atoms with Crippen LogP contribution >= 0.6 is 0 Å². The van der Waals surface area contributed by atoms with Crippen molar-refractivity contribution in [3.05, 3.63) is 59.7 Å². The fourth-order valence-corrected chi connectivity index (χ4v) is 2.47. The lowest BCUT2D eigenvalue weighted by Gasteiger charge is -2.12. The van der Waals surface area contributed by atoms with Crippen LogP contribution in [0.25, 0.3) is 0 Å². The van der Waals surface area contributed by atoms with E-state index in [-0.39, 0.29) is 17.9 Å². The molecule has 3 rings (SSSR count). The smallest absolute Gasteiger partial charge is 0.255 e. The van der Waals surface area contributed by atoms with Crippen LogP contribution in [-0.4, -0.2) is 24.5 Å². The molecule has 5 heteroatoms. The molecule has 2 aromatic rings. The van der Waals surface area contributed by atoms with Gasteiger partial charge in [0.25, 0.3) is 11.8 Å². The molecule has 2 aromatic carbocycles. The molecule has 0 heterocycles. The summed E-state index contributed by atoms with van der Waals surface area (Å²) >= 11 is 0. The Morgan fingerprint density at radius 2 is 1.85 bits per heavy atom. The summed E-state index contributed by atoms with van der Waals surface area (Å²) in [7, 11) is 0. The van der Waals surface area contributed by atoms with E-state index in [2.05, 4.69) is 24.5 Å². The van der Waals surface area contributed by atoms with Crippen LogP contribution in [0.15, 0.2) is 48.5 Å². The van der Waals surface area contributed by atoms with Crippen LogP contribution in [0.5, 0.6) is 5.75 Å². The molecule has 136 valence electrons. The molecule has 1 saturated carbocycles. The van der Waals surface area contributed by atoms with Crippen molar-refractivity contribution >= 4 is 17.5 Å². The standard InChI is InChI=1S/C21H24N2O3/c1-14(2)13-26-17-7-5-6-15(12-17)20(24)23-19-9-4-3-8-18(19)21(25)22-16-10-11-16/h3-9,12,14,16H,10-11,13H2,1-2H3,(H,22,25)(H,23,24). The topological polar surface area (TPSA) is 67.4 Å². The van der Waals surface area contributed by atoms with E-state index in [1.165, 1.54) is 0 Å². The zero-order valence-corrected chi connectivity index (χ0v) is 15.1. The number of amides is 2. The van der Waals surface area contributed by atoms with Crippen LogP contribution in [0.2, 0.25) is 0 Å². The first kappa shape index (κ1) is 18.0. The first-order valence-electron chi connectivity index (χ1n) is 8.97.